The number of aromatic nitrogens is 3. The Balaban J connectivity index is 1.51. The summed E-state index contributed by atoms with van der Waals surface area (Å²) in [5.41, 5.74) is 2.68. The maximum absolute atomic E-state index is 14.5. The molecule has 2 aromatic heterocycles. The molecule has 1 N–H and O–H groups in total. The van der Waals surface area contributed by atoms with Crippen LogP contribution >= 0.6 is 11.3 Å². The number of anilines is 2. The Bertz CT molecular complexity index is 1390. The van der Waals surface area contributed by atoms with Gasteiger partial charge in [-0.3, -0.25) is 14.4 Å². The number of carbonyl (C=O) groups is 1. The first-order valence-corrected chi connectivity index (χ1v) is 12.0. The molecule has 0 bridgehead atoms. The average molecular weight is 483 g/mol. The molecule has 1 saturated heterocycles. The lowest BCUT2D eigenvalue weighted by molar-refractivity contribution is 0.102. The molecule has 0 saturated carbocycles. The van der Waals surface area contributed by atoms with Gasteiger partial charge >= 0.3 is 0 Å². The van der Waals surface area contributed by atoms with Gasteiger partial charge < -0.3 is 15.0 Å². The molecule has 1 aliphatic heterocycles. The fourth-order valence-corrected chi connectivity index (χ4v) is 5.53. The summed E-state index contributed by atoms with van der Waals surface area (Å²) in [5, 5.41) is 8.05. The summed E-state index contributed by atoms with van der Waals surface area (Å²) >= 11 is 1.43. The summed E-state index contributed by atoms with van der Waals surface area (Å²) in [7, 11) is 5.45. The first kappa shape index (κ1) is 22.5. The Morgan fingerprint density at radius 2 is 1.91 bits per heavy atom. The number of carbonyl (C=O) groups excluding carboxylic acids is 1. The predicted octanol–water partition coefficient (Wildman–Crippen LogP) is 4.11. The van der Waals surface area contributed by atoms with Crippen molar-refractivity contribution in [1.29, 1.82) is 0 Å². The van der Waals surface area contributed by atoms with Crippen molar-refractivity contribution in [3.63, 3.8) is 0 Å². The number of ether oxygens (including phenoxy) is 1. The molecule has 1 fully saturated rings. The van der Waals surface area contributed by atoms with Gasteiger partial charge in [-0.2, -0.15) is 5.10 Å². The molecule has 8 nitrogen and oxygen atoms in total. The number of methoxy groups -OCH3 is 1. The number of rotatable bonds is 4. The first-order valence-electron chi connectivity index (χ1n) is 11.1. The van der Waals surface area contributed by atoms with Crippen molar-refractivity contribution in [2.45, 2.75) is 25.9 Å². The molecular formula is C24H27FN6O2S. The molecule has 1 aliphatic rings. The van der Waals surface area contributed by atoms with Gasteiger partial charge in [-0.1, -0.05) is 11.3 Å². The number of halogens is 1. The molecular weight excluding hydrogens is 455 g/mol. The van der Waals surface area contributed by atoms with E-state index in [1.165, 1.54) is 17.4 Å². The number of amides is 1. The van der Waals surface area contributed by atoms with Crippen LogP contribution in [0.3, 0.4) is 0 Å². The van der Waals surface area contributed by atoms with Crippen LogP contribution in [0.2, 0.25) is 0 Å². The Labute approximate surface area is 200 Å². The van der Waals surface area contributed by atoms with Gasteiger partial charge in [0.15, 0.2) is 5.82 Å². The Morgan fingerprint density at radius 1 is 1.18 bits per heavy atom. The molecule has 2 aromatic carbocycles. The lowest BCUT2D eigenvalue weighted by Crippen LogP contribution is -2.55. The molecule has 5 rings (SSSR count). The fraction of sp³-hybridized carbons (Fsp3) is 0.375. The minimum atomic E-state index is -0.484. The van der Waals surface area contributed by atoms with Crippen LogP contribution in [0.15, 0.2) is 30.5 Å². The lowest BCUT2D eigenvalue weighted by Gasteiger charge is -2.43. The minimum absolute atomic E-state index is 0.270. The number of fused-ring (bicyclic) bond motifs is 2. The molecule has 178 valence electrons. The van der Waals surface area contributed by atoms with Crippen molar-refractivity contribution < 1.29 is 13.9 Å². The molecule has 0 aliphatic carbocycles. The van der Waals surface area contributed by atoms with Crippen LogP contribution in [0.5, 0.6) is 5.19 Å². The van der Waals surface area contributed by atoms with E-state index in [9.17, 15) is 9.18 Å². The van der Waals surface area contributed by atoms with Gasteiger partial charge in [0.2, 0.25) is 0 Å². The third kappa shape index (κ3) is 3.86. The van der Waals surface area contributed by atoms with E-state index in [2.05, 4.69) is 46.1 Å². The van der Waals surface area contributed by atoms with Crippen LogP contribution in [0.25, 0.3) is 21.1 Å². The number of aryl methyl sites for hydroxylation is 1. The van der Waals surface area contributed by atoms with Gasteiger partial charge in [-0.25, -0.2) is 9.37 Å². The van der Waals surface area contributed by atoms with E-state index in [0.717, 1.165) is 23.5 Å². The quantitative estimate of drug-likeness (QED) is 0.472. The summed E-state index contributed by atoms with van der Waals surface area (Å²) in [6.45, 7) is 6.19. The molecule has 4 aromatic rings. The van der Waals surface area contributed by atoms with Crippen molar-refractivity contribution in [2.75, 3.05) is 37.5 Å². The highest BCUT2D eigenvalue weighted by Gasteiger charge is 2.29. The fourth-order valence-electron chi connectivity index (χ4n) is 4.58. The van der Waals surface area contributed by atoms with Crippen molar-refractivity contribution in [2.24, 2.45) is 7.05 Å². The molecule has 0 spiro atoms. The predicted molar refractivity (Wildman–Crippen MR) is 134 cm³/mol. The van der Waals surface area contributed by atoms with Crippen molar-refractivity contribution in [3.8, 4) is 5.19 Å². The van der Waals surface area contributed by atoms with E-state index in [-0.39, 0.29) is 11.4 Å². The Hall–Kier alpha value is -3.24. The van der Waals surface area contributed by atoms with Crippen LogP contribution in [0, 0.1) is 5.82 Å². The number of hydrogen-bond acceptors (Lipinski definition) is 7. The summed E-state index contributed by atoms with van der Waals surface area (Å²) < 4.78 is 22.4. The number of hydrogen-bond donors (Lipinski definition) is 1. The second-order valence-electron chi connectivity index (χ2n) is 8.92. The normalized spacial score (nSPS) is 19.2. The first-order chi connectivity index (χ1) is 16.2. The molecule has 2 atom stereocenters. The van der Waals surface area contributed by atoms with Crippen LogP contribution in [-0.4, -0.2) is 64.9 Å². The van der Waals surface area contributed by atoms with Gasteiger partial charge in [-0.05, 0) is 45.2 Å². The van der Waals surface area contributed by atoms with E-state index in [1.54, 1.807) is 37.2 Å². The molecule has 10 heteroatoms. The van der Waals surface area contributed by atoms with Crippen LogP contribution in [0.1, 0.15) is 24.2 Å². The van der Waals surface area contributed by atoms with Gasteiger partial charge in [0, 0.05) is 49.5 Å². The van der Waals surface area contributed by atoms with Crippen LogP contribution in [0.4, 0.5) is 15.8 Å². The zero-order chi connectivity index (χ0) is 24.1. The smallest absolute Gasteiger partial charge is 0.274 e. The van der Waals surface area contributed by atoms with E-state index in [1.807, 2.05) is 6.07 Å². The van der Waals surface area contributed by atoms with E-state index >= 15 is 0 Å². The lowest BCUT2D eigenvalue weighted by atomic mass is 10.1. The van der Waals surface area contributed by atoms with E-state index in [0.29, 0.717) is 39.4 Å². The second kappa shape index (κ2) is 8.52. The number of likely N-dealkylation sites (N-methyl/N-ethyl adjacent to an activating group) is 1. The summed E-state index contributed by atoms with van der Waals surface area (Å²) in [6.07, 6.45) is 1.71. The molecule has 0 radical (unpaired) electrons. The standard InChI is InChI=1S/C24H27FN6O2S/c1-13-10-31(11-14(2)30(13)4)19-7-6-17(21-22(19)34-24(27-21)33-5)23(32)26-16-8-15-12-29(3)28-20(15)18(25)9-16/h6-9,12-14H,10-11H2,1-5H3,(H,26,32)/t13-,14-/m0/s1. The van der Waals surface area contributed by atoms with E-state index < -0.39 is 5.82 Å². The molecule has 34 heavy (non-hydrogen) atoms. The maximum atomic E-state index is 14.5. The van der Waals surface area contributed by atoms with Crippen molar-refractivity contribution in [1.82, 2.24) is 19.7 Å². The average Bonchev–Trinajstić information content (AvgIpc) is 3.39. The highest BCUT2D eigenvalue weighted by molar-refractivity contribution is 7.21. The van der Waals surface area contributed by atoms with Gasteiger partial charge in [0.1, 0.15) is 11.0 Å². The number of nitrogens with one attached hydrogen (secondary N) is 1. The number of thiazole rings is 1. The minimum Gasteiger partial charge on any atom is -0.473 e. The summed E-state index contributed by atoms with van der Waals surface area (Å²) in [5.74, 6) is -0.838. The zero-order valence-corrected chi connectivity index (χ0v) is 20.6. The largest absolute Gasteiger partial charge is 0.473 e. The van der Waals surface area contributed by atoms with E-state index in [4.69, 9.17) is 4.74 Å². The van der Waals surface area contributed by atoms with Crippen LogP contribution < -0.4 is 15.0 Å². The van der Waals surface area contributed by atoms with Gasteiger partial charge in [0.25, 0.3) is 11.1 Å². The monoisotopic (exact) mass is 482 g/mol. The molecule has 0 unspecified atom stereocenters. The number of benzene rings is 2. The third-order valence-electron chi connectivity index (χ3n) is 6.56. The maximum Gasteiger partial charge on any atom is 0.274 e. The molecule has 1 amide bonds. The Kier molecular flexibility index (Phi) is 5.65. The third-order valence-corrected chi connectivity index (χ3v) is 7.60. The van der Waals surface area contributed by atoms with Gasteiger partial charge in [0.05, 0.1) is 23.1 Å². The Morgan fingerprint density at radius 3 is 2.62 bits per heavy atom. The van der Waals surface area contributed by atoms with Crippen LogP contribution in [-0.2, 0) is 7.05 Å². The topological polar surface area (TPSA) is 75.5 Å². The number of nitrogens with zero attached hydrogens (tertiary/aromatic N) is 5. The van der Waals surface area contributed by atoms with Gasteiger partial charge in [-0.15, -0.1) is 0 Å². The summed E-state index contributed by atoms with van der Waals surface area (Å²) in [6, 6.07) is 7.56. The summed E-state index contributed by atoms with van der Waals surface area (Å²) in [4.78, 5) is 22.6. The highest BCUT2D eigenvalue weighted by Crippen LogP contribution is 2.38. The van der Waals surface area contributed by atoms with Crippen molar-refractivity contribution in [3.05, 3.63) is 41.8 Å². The highest BCUT2D eigenvalue weighted by atomic mass is 32.1. The second-order valence-corrected chi connectivity index (χ2v) is 9.88. The van der Waals surface area contributed by atoms with Crippen molar-refractivity contribution >= 4 is 49.7 Å². The zero-order valence-electron chi connectivity index (χ0n) is 19.8. The number of piperazine rings is 1. The SMILES string of the molecule is COc1nc2c(C(=O)Nc3cc(F)c4nn(C)cc4c3)ccc(N3C[C@H](C)N(C)[C@@H](C)C3)c2s1. The molecule has 3 heterocycles.